The highest BCUT2D eigenvalue weighted by molar-refractivity contribution is 5.80. The number of carbonyl (C=O) groups is 2. The Hall–Kier alpha value is -1.26. The molecule has 0 bridgehead atoms. The number of hydrogen-bond donors (Lipinski definition) is 2. The molecule has 0 saturated heterocycles. The van der Waals surface area contributed by atoms with E-state index < -0.39 is 5.97 Å². The number of nitrogens with zero attached hydrogens (tertiary/aromatic N) is 1. The first-order chi connectivity index (χ1) is 7.54. The maximum Gasteiger partial charge on any atom is 0.323 e. The largest absolute Gasteiger partial charge is 0.480 e. The summed E-state index contributed by atoms with van der Waals surface area (Å²) in [7, 11) is 0. The van der Waals surface area contributed by atoms with Gasteiger partial charge in [0.2, 0.25) is 0 Å². The highest BCUT2D eigenvalue weighted by atomic mass is 16.4. The van der Waals surface area contributed by atoms with Crippen LogP contribution in [0.4, 0.5) is 4.79 Å². The van der Waals surface area contributed by atoms with E-state index >= 15 is 0 Å². The third-order valence-corrected chi connectivity index (χ3v) is 2.90. The van der Waals surface area contributed by atoms with E-state index in [-0.39, 0.29) is 12.6 Å². The van der Waals surface area contributed by atoms with E-state index in [0.717, 1.165) is 12.8 Å². The van der Waals surface area contributed by atoms with Gasteiger partial charge in [0, 0.05) is 13.1 Å². The molecule has 1 rings (SSSR count). The van der Waals surface area contributed by atoms with Crippen molar-refractivity contribution in [2.24, 2.45) is 11.8 Å². The third-order valence-electron chi connectivity index (χ3n) is 2.90. The van der Waals surface area contributed by atoms with E-state index in [2.05, 4.69) is 12.2 Å². The molecule has 0 aliphatic heterocycles. The van der Waals surface area contributed by atoms with Crippen molar-refractivity contribution in [1.29, 1.82) is 0 Å². The summed E-state index contributed by atoms with van der Waals surface area (Å²) in [6, 6.07) is -0.261. The van der Waals surface area contributed by atoms with Crippen LogP contribution in [0.15, 0.2) is 0 Å². The van der Waals surface area contributed by atoms with Crippen LogP contribution in [0.1, 0.15) is 26.7 Å². The minimum Gasteiger partial charge on any atom is -0.480 e. The lowest BCUT2D eigenvalue weighted by Gasteiger charge is -2.20. The lowest BCUT2D eigenvalue weighted by molar-refractivity contribution is -0.137. The van der Waals surface area contributed by atoms with Crippen molar-refractivity contribution in [3.8, 4) is 0 Å². The Kier molecular flexibility index (Phi) is 4.58. The van der Waals surface area contributed by atoms with Gasteiger partial charge in [-0.15, -0.1) is 0 Å². The number of carboxylic acids is 1. The fourth-order valence-electron chi connectivity index (χ4n) is 1.70. The van der Waals surface area contributed by atoms with Crippen LogP contribution in [0, 0.1) is 11.8 Å². The Morgan fingerprint density at radius 2 is 2.12 bits per heavy atom. The van der Waals surface area contributed by atoms with Crippen molar-refractivity contribution in [2.45, 2.75) is 26.7 Å². The van der Waals surface area contributed by atoms with Gasteiger partial charge in [0.05, 0.1) is 0 Å². The molecular weight excluding hydrogens is 208 g/mol. The molecule has 0 heterocycles. The first-order valence-electron chi connectivity index (χ1n) is 5.79. The lowest BCUT2D eigenvalue weighted by Crippen LogP contribution is -2.43. The molecule has 1 aliphatic rings. The predicted octanol–water partition coefficient (Wildman–Crippen LogP) is 1.15. The van der Waals surface area contributed by atoms with Crippen LogP contribution in [0.3, 0.4) is 0 Å². The van der Waals surface area contributed by atoms with Gasteiger partial charge in [0.1, 0.15) is 6.54 Å². The molecule has 0 radical (unpaired) electrons. The number of amides is 2. The molecule has 0 aromatic rings. The Balaban J connectivity index is 2.30. The first kappa shape index (κ1) is 12.8. The predicted molar refractivity (Wildman–Crippen MR) is 60.2 cm³/mol. The smallest absolute Gasteiger partial charge is 0.323 e. The van der Waals surface area contributed by atoms with Crippen LogP contribution in [-0.2, 0) is 4.79 Å². The Labute approximate surface area is 95.8 Å². The average Bonchev–Trinajstić information content (AvgIpc) is 2.90. The molecule has 0 spiro atoms. The van der Waals surface area contributed by atoms with E-state index in [9.17, 15) is 9.59 Å². The van der Waals surface area contributed by atoms with Gasteiger partial charge in [0.25, 0.3) is 0 Å². The zero-order valence-electron chi connectivity index (χ0n) is 9.90. The maximum atomic E-state index is 11.7. The van der Waals surface area contributed by atoms with Gasteiger partial charge in [-0.05, 0) is 24.7 Å². The highest BCUT2D eigenvalue weighted by Crippen LogP contribution is 2.36. The summed E-state index contributed by atoms with van der Waals surface area (Å²) in [5, 5.41) is 11.5. The van der Waals surface area contributed by atoms with E-state index in [4.69, 9.17) is 5.11 Å². The van der Waals surface area contributed by atoms with E-state index in [1.807, 2.05) is 6.92 Å². The summed E-state index contributed by atoms with van der Waals surface area (Å²) >= 11 is 0. The number of hydrogen-bond acceptors (Lipinski definition) is 2. The zero-order valence-corrected chi connectivity index (χ0v) is 9.90. The molecule has 2 amide bonds. The zero-order chi connectivity index (χ0) is 12.1. The van der Waals surface area contributed by atoms with Gasteiger partial charge in [-0.2, -0.15) is 0 Å². The minimum absolute atomic E-state index is 0.222. The first-order valence-corrected chi connectivity index (χ1v) is 5.79. The number of carbonyl (C=O) groups excluding carboxylic acids is 1. The Bertz CT molecular complexity index is 268. The lowest BCUT2D eigenvalue weighted by atomic mass is 10.3. The molecular formula is C11H20N2O3. The number of urea groups is 1. The summed E-state index contributed by atoms with van der Waals surface area (Å²) < 4.78 is 0. The Morgan fingerprint density at radius 1 is 1.50 bits per heavy atom. The van der Waals surface area contributed by atoms with Crippen LogP contribution in [0.5, 0.6) is 0 Å². The molecule has 1 fully saturated rings. The monoisotopic (exact) mass is 228 g/mol. The highest BCUT2D eigenvalue weighted by Gasteiger charge is 2.32. The summed E-state index contributed by atoms with van der Waals surface area (Å²) in [5.74, 6) is 0.306. The van der Waals surface area contributed by atoms with Gasteiger partial charge in [-0.1, -0.05) is 13.8 Å². The molecule has 5 nitrogen and oxygen atoms in total. The second-order valence-corrected chi connectivity index (χ2v) is 4.47. The summed E-state index contributed by atoms with van der Waals surface area (Å²) in [4.78, 5) is 23.6. The standard InChI is InChI=1S/C11H20N2O3/c1-3-4-13(7-10(14)15)11(16)12-6-9-5-8(9)2/h8-9H,3-7H2,1-2H3,(H,12,16)(H,14,15). The van der Waals surface area contributed by atoms with Crippen LogP contribution < -0.4 is 5.32 Å². The van der Waals surface area contributed by atoms with Crippen molar-refractivity contribution in [2.75, 3.05) is 19.6 Å². The topological polar surface area (TPSA) is 69.6 Å². The average molecular weight is 228 g/mol. The second-order valence-electron chi connectivity index (χ2n) is 4.47. The molecule has 1 aliphatic carbocycles. The van der Waals surface area contributed by atoms with E-state index in [1.54, 1.807) is 0 Å². The molecule has 0 aromatic heterocycles. The normalized spacial score (nSPS) is 22.6. The number of rotatable bonds is 6. The van der Waals surface area contributed by atoms with Crippen molar-refractivity contribution in [1.82, 2.24) is 10.2 Å². The van der Waals surface area contributed by atoms with E-state index in [0.29, 0.717) is 24.9 Å². The van der Waals surface area contributed by atoms with Crippen molar-refractivity contribution in [3.05, 3.63) is 0 Å². The minimum atomic E-state index is -0.969. The third kappa shape index (κ3) is 4.08. The van der Waals surface area contributed by atoms with Gasteiger partial charge < -0.3 is 15.3 Å². The van der Waals surface area contributed by atoms with Crippen molar-refractivity contribution in [3.63, 3.8) is 0 Å². The number of carboxylic acid groups (broad SMARTS) is 1. The van der Waals surface area contributed by atoms with Crippen molar-refractivity contribution < 1.29 is 14.7 Å². The summed E-state index contributed by atoms with van der Waals surface area (Å²) in [6.45, 7) is 5.00. The molecule has 5 heteroatoms. The summed E-state index contributed by atoms with van der Waals surface area (Å²) in [5.41, 5.74) is 0. The second kappa shape index (κ2) is 5.72. The van der Waals surface area contributed by atoms with Gasteiger partial charge in [0.15, 0.2) is 0 Å². The molecule has 2 unspecified atom stereocenters. The Morgan fingerprint density at radius 3 is 2.56 bits per heavy atom. The van der Waals surface area contributed by atoms with Crippen LogP contribution in [-0.4, -0.2) is 41.6 Å². The van der Waals surface area contributed by atoms with Crippen LogP contribution in [0.2, 0.25) is 0 Å². The summed E-state index contributed by atoms with van der Waals surface area (Å²) in [6.07, 6.45) is 1.92. The number of aliphatic carboxylic acids is 1. The maximum absolute atomic E-state index is 11.7. The molecule has 16 heavy (non-hydrogen) atoms. The molecule has 2 N–H and O–H groups in total. The van der Waals surface area contributed by atoms with Gasteiger partial charge >= 0.3 is 12.0 Å². The van der Waals surface area contributed by atoms with E-state index in [1.165, 1.54) is 4.90 Å². The van der Waals surface area contributed by atoms with Gasteiger partial charge in [-0.3, -0.25) is 4.79 Å². The SMILES string of the molecule is CCCN(CC(=O)O)C(=O)NCC1CC1C. The molecule has 1 saturated carbocycles. The molecule has 0 aromatic carbocycles. The number of nitrogens with one attached hydrogen (secondary N) is 1. The fraction of sp³-hybridized carbons (Fsp3) is 0.818. The fourth-order valence-corrected chi connectivity index (χ4v) is 1.70. The van der Waals surface area contributed by atoms with Crippen LogP contribution in [0.25, 0.3) is 0 Å². The quantitative estimate of drug-likeness (QED) is 0.716. The van der Waals surface area contributed by atoms with Gasteiger partial charge in [-0.25, -0.2) is 4.79 Å². The molecule has 2 atom stereocenters. The molecule has 92 valence electrons. The van der Waals surface area contributed by atoms with Crippen LogP contribution >= 0.6 is 0 Å². The van der Waals surface area contributed by atoms with Crippen molar-refractivity contribution >= 4 is 12.0 Å².